The Morgan fingerprint density at radius 1 is 1.53 bits per heavy atom. The van der Waals surface area contributed by atoms with E-state index < -0.39 is 4.92 Å². The third kappa shape index (κ3) is 2.01. The molecule has 1 aliphatic heterocycles. The molecule has 0 saturated carbocycles. The van der Waals surface area contributed by atoms with Crippen LogP contribution in [-0.2, 0) is 0 Å². The molecular weight excluding hydrogens is 246 g/mol. The zero-order chi connectivity index (χ0) is 13.6. The van der Waals surface area contributed by atoms with Crippen molar-refractivity contribution in [2.45, 2.75) is 13.0 Å². The topological polar surface area (TPSA) is 101 Å². The lowest BCUT2D eigenvalue weighted by Gasteiger charge is -2.13. The van der Waals surface area contributed by atoms with Gasteiger partial charge in [0.05, 0.1) is 16.0 Å². The number of nitrogens with two attached hydrogens (primary N) is 1. The van der Waals surface area contributed by atoms with Crippen molar-refractivity contribution in [1.29, 1.82) is 0 Å². The number of H-pyrrole nitrogens is 1. The van der Waals surface area contributed by atoms with Gasteiger partial charge in [0.15, 0.2) is 0 Å². The number of hydrogen-bond donors (Lipinski definition) is 2. The van der Waals surface area contributed by atoms with Gasteiger partial charge in [-0.25, -0.2) is 4.98 Å². The Hall–Kier alpha value is -2.15. The highest BCUT2D eigenvalue weighted by atomic mass is 16.6. The molecule has 7 nitrogen and oxygen atoms in total. The number of aromatic nitrogens is 2. The predicted octanol–water partition coefficient (Wildman–Crippen LogP) is 1.25. The molecule has 3 N–H and O–H groups in total. The van der Waals surface area contributed by atoms with Crippen LogP contribution < -0.4 is 10.6 Å². The number of rotatable bonds is 2. The van der Waals surface area contributed by atoms with Gasteiger partial charge in [-0.1, -0.05) is 6.92 Å². The number of benzene rings is 1. The Morgan fingerprint density at radius 2 is 2.32 bits per heavy atom. The number of fused-ring (bicyclic) bond motifs is 1. The molecule has 0 radical (unpaired) electrons. The molecule has 2 unspecified atom stereocenters. The van der Waals surface area contributed by atoms with Crippen molar-refractivity contribution >= 4 is 22.7 Å². The first kappa shape index (κ1) is 11.9. The highest BCUT2D eigenvalue weighted by molar-refractivity contribution is 5.80. The van der Waals surface area contributed by atoms with E-state index in [0.717, 1.165) is 24.6 Å². The van der Waals surface area contributed by atoms with E-state index in [4.69, 9.17) is 5.73 Å². The van der Waals surface area contributed by atoms with Crippen LogP contribution in [0.1, 0.15) is 6.92 Å². The van der Waals surface area contributed by atoms with Crippen molar-refractivity contribution in [2.24, 2.45) is 11.7 Å². The first-order chi connectivity index (χ1) is 9.04. The van der Waals surface area contributed by atoms with Crippen LogP contribution in [0.15, 0.2) is 18.2 Å². The summed E-state index contributed by atoms with van der Waals surface area (Å²) in [7, 11) is 0. The number of non-ortho nitro benzene ring substituents is 1. The van der Waals surface area contributed by atoms with Gasteiger partial charge in [-0.15, -0.1) is 0 Å². The fourth-order valence-electron chi connectivity index (χ4n) is 2.41. The van der Waals surface area contributed by atoms with E-state index in [-0.39, 0.29) is 11.7 Å². The van der Waals surface area contributed by atoms with E-state index in [1.54, 1.807) is 6.07 Å². The molecule has 1 aromatic heterocycles. The zero-order valence-electron chi connectivity index (χ0n) is 10.5. The molecule has 1 aliphatic rings. The van der Waals surface area contributed by atoms with Gasteiger partial charge in [-0.05, 0) is 12.0 Å². The maximum Gasteiger partial charge on any atom is 0.271 e. The van der Waals surface area contributed by atoms with Gasteiger partial charge in [-0.3, -0.25) is 10.1 Å². The normalized spacial score (nSPS) is 23.2. The van der Waals surface area contributed by atoms with Crippen LogP contribution in [-0.4, -0.2) is 34.0 Å². The lowest BCUT2D eigenvalue weighted by atomic mass is 10.1. The number of hydrogen-bond acceptors (Lipinski definition) is 5. The maximum atomic E-state index is 10.7. The number of anilines is 1. The van der Waals surface area contributed by atoms with Crippen LogP contribution in [0.25, 0.3) is 11.0 Å². The number of imidazole rings is 1. The van der Waals surface area contributed by atoms with Crippen LogP contribution in [0.4, 0.5) is 11.6 Å². The van der Waals surface area contributed by atoms with E-state index in [2.05, 4.69) is 21.8 Å². The van der Waals surface area contributed by atoms with E-state index >= 15 is 0 Å². The minimum Gasteiger partial charge on any atom is -0.341 e. The second-order valence-corrected chi connectivity index (χ2v) is 5.07. The molecule has 0 aliphatic carbocycles. The van der Waals surface area contributed by atoms with Gasteiger partial charge >= 0.3 is 0 Å². The smallest absolute Gasteiger partial charge is 0.271 e. The summed E-state index contributed by atoms with van der Waals surface area (Å²) in [4.78, 5) is 20.0. The van der Waals surface area contributed by atoms with Crippen molar-refractivity contribution in [3.05, 3.63) is 28.3 Å². The minimum absolute atomic E-state index is 0.0641. The molecule has 1 aromatic carbocycles. The van der Waals surface area contributed by atoms with Crippen molar-refractivity contribution in [3.63, 3.8) is 0 Å². The van der Waals surface area contributed by atoms with Gasteiger partial charge in [0.2, 0.25) is 5.95 Å². The molecule has 7 heteroatoms. The molecule has 2 heterocycles. The Balaban J connectivity index is 1.96. The van der Waals surface area contributed by atoms with E-state index in [1.807, 2.05) is 0 Å². The Labute approximate surface area is 109 Å². The SMILES string of the molecule is CC1CN(c2nc3ccc([N+](=O)[O-])cc3[nH]2)CC1N. The monoisotopic (exact) mass is 261 g/mol. The maximum absolute atomic E-state index is 10.7. The number of nitro groups is 1. The number of nitrogens with one attached hydrogen (secondary N) is 1. The van der Waals surface area contributed by atoms with Gasteiger partial charge in [0, 0.05) is 31.3 Å². The largest absolute Gasteiger partial charge is 0.341 e. The molecule has 1 fully saturated rings. The average Bonchev–Trinajstić information content (AvgIpc) is 2.92. The van der Waals surface area contributed by atoms with Crippen molar-refractivity contribution in [1.82, 2.24) is 9.97 Å². The van der Waals surface area contributed by atoms with E-state index in [1.165, 1.54) is 12.1 Å². The van der Waals surface area contributed by atoms with Crippen LogP contribution in [0.5, 0.6) is 0 Å². The third-order valence-corrected chi connectivity index (χ3v) is 3.63. The number of nitrogens with zero attached hydrogens (tertiary/aromatic N) is 3. The summed E-state index contributed by atoms with van der Waals surface area (Å²) in [6, 6.07) is 4.77. The minimum atomic E-state index is -0.409. The molecule has 19 heavy (non-hydrogen) atoms. The summed E-state index contributed by atoms with van der Waals surface area (Å²) in [5.74, 6) is 1.15. The Morgan fingerprint density at radius 3 is 2.95 bits per heavy atom. The summed E-state index contributed by atoms with van der Waals surface area (Å²) in [6.07, 6.45) is 0. The standard InChI is InChI=1S/C12H15N5O2/c1-7-5-16(6-9(7)13)12-14-10-3-2-8(17(18)19)4-11(10)15-12/h2-4,7,9H,5-6,13H2,1H3,(H,14,15). The van der Waals surface area contributed by atoms with Gasteiger partial charge < -0.3 is 15.6 Å². The van der Waals surface area contributed by atoms with Crippen molar-refractivity contribution < 1.29 is 4.92 Å². The Kier molecular flexibility index (Phi) is 2.63. The zero-order valence-corrected chi connectivity index (χ0v) is 10.5. The number of aromatic amines is 1. The Bertz CT molecular complexity index is 628. The highest BCUT2D eigenvalue weighted by Gasteiger charge is 2.28. The molecule has 2 aromatic rings. The van der Waals surface area contributed by atoms with Gasteiger partial charge in [0.1, 0.15) is 0 Å². The third-order valence-electron chi connectivity index (χ3n) is 3.63. The molecule has 2 atom stereocenters. The summed E-state index contributed by atoms with van der Waals surface area (Å²) in [6.45, 7) is 3.71. The predicted molar refractivity (Wildman–Crippen MR) is 72.1 cm³/mol. The molecule has 3 rings (SSSR count). The van der Waals surface area contributed by atoms with E-state index in [9.17, 15) is 10.1 Å². The summed E-state index contributed by atoms with van der Waals surface area (Å²) in [5.41, 5.74) is 7.46. The first-order valence-electron chi connectivity index (χ1n) is 6.19. The summed E-state index contributed by atoms with van der Waals surface area (Å²) >= 11 is 0. The summed E-state index contributed by atoms with van der Waals surface area (Å²) < 4.78 is 0. The molecule has 100 valence electrons. The van der Waals surface area contributed by atoms with Crippen LogP contribution in [0.2, 0.25) is 0 Å². The summed E-state index contributed by atoms with van der Waals surface area (Å²) in [5, 5.41) is 10.7. The van der Waals surface area contributed by atoms with E-state index in [0.29, 0.717) is 11.4 Å². The fourth-order valence-corrected chi connectivity index (χ4v) is 2.41. The quantitative estimate of drug-likeness (QED) is 0.626. The van der Waals surface area contributed by atoms with Crippen molar-refractivity contribution in [3.8, 4) is 0 Å². The van der Waals surface area contributed by atoms with Crippen LogP contribution >= 0.6 is 0 Å². The number of nitro benzene ring substituents is 1. The molecule has 0 spiro atoms. The first-order valence-corrected chi connectivity index (χ1v) is 6.19. The molecular formula is C12H15N5O2. The second-order valence-electron chi connectivity index (χ2n) is 5.07. The van der Waals surface area contributed by atoms with Crippen molar-refractivity contribution in [2.75, 3.05) is 18.0 Å². The molecule has 1 saturated heterocycles. The van der Waals surface area contributed by atoms with Gasteiger partial charge in [0.25, 0.3) is 5.69 Å². The average molecular weight is 261 g/mol. The molecule has 0 bridgehead atoms. The van der Waals surface area contributed by atoms with Gasteiger partial charge in [-0.2, -0.15) is 0 Å². The van der Waals surface area contributed by atoms with Crippen LogP contribution in [0, 0.1) is 16.0 Å². The fraction of sp³-hybridized carbons (Fsp3) is 0.417. The highest BCUT2D eigenvalue weighted by Crippen LogP contribution is 2.25. The second kappa shape index (κ2) is 4.20. The lowest BCUT2D eigenvalue weighted by Crippen LogP contribution is -2.28. The van der Waals surface area contributed by atoms with Crippen LogP contribution in [0.3, 0.4) is 0 Å². The molecule has 0 amide bonds. The lowest BCUT2D eigenvalue weighted by molar-refractivity contribution is -0.384.